The van der Waals surface area contributed by atoms with Crippen LogP contribution in [0, 0.1) is 0 Å². The molecule has 1 atom stereocenters. The molecule has 1 aromatic heterocycles. The van der Waals surface area contributed by atoms with Crippen LogP contribution >= 0.6 is 11.3 Å². The summed E-state index contributed by atoms with van der Waals surface area (Å²) in [5.41, 5.74) is 0.317. The van der Waals surface area contributed by atoms with E-state index in [1.54, 1.807) is 13.0 Å². The van der Waals surface area contributed by atoms with Crippen molar-refractivity contribution in [3.63, 3.8) is 0 Å². The van der Waals surface area contributed by atoms with Crippen LogP contribution in [0.15, 0.2) is 6.07 Å². The van der Waals surface area contributed by atoms with Crippen LogP contribution in [0.2, 0.25) is 0 Å². The van der Waals surface area contributed by atoms with Gasteiger partial charge in [0.05, 0.1) is 12.2 Å². The highest BCUT2D eigenvalue weighted by atomic mass is 32.1. The molecule has 0 aliphatic carbocycles. The lowest BCUT2D eigenvalue weighted by Gasteiger charge is -2.10. The number of carbonyl (C=O) groups is 3. The minimum atomic E-state index is -0.582. The number of esters is 2. The molecule has 7 nitrogen and oxygen atoms in total. The molecule has 0 unspecified atom stereocenters. The molecule has 0 radical (unpaired) electrons. The Balaban J connectivity index is 1.93. The minimum absolute atomic E-state index is 0.253. The second kappa shape index (κ2) is 8.79. The first-order chi connectivity index (χ1) is 11.5. The summed E-state index contributed by atoms with van der Waals surface area (Å²) in [6, 6.07) is 1.71. The van der Waals surface area contributed by atoms with E-state index in [-0.39, 0.29) is 6.61 Å². The number of hydrogen-bond acceptors (Lipinski definition) is 7. The molecule has 1 aromatic rings. The number of aryl methyl sites for hydroxylation is 1. The summed E-state index contributed by atoms with van der Waals surface area (Å²) in [6.45, 7) is 4.04. The predicted octanol–water partition coefficient (Wildman–Crippen LogP) is 2.15. The third-order valence-electron chi connectivity index (χ3n) is 3.42. The van der Waals surface area contributed by atoms with Gasteiger partial charge in [-0.2, -0.15) is 0 Å². The monoisotopic (exact) mass is 355 g/mol. The van der Waals surface area contributed by atoms with E-state index in [1.165, 1.54) is 11.3 Å². The molecule has 1 saturated heterocycles. The Kier molecular flexibility index (Phi) is 6.74. The van der Waals surface area contributed by atoms with Crippen molar-refractivity contribution in [2.75, 3.05) is 25.1 Å². The van der Waals surface area contributed by atoms with E-state index >= 15 is 0 Å². The van der Waals surface area contributed by atoms with E-state index in [4.69, 9.17) is 14.2 Å². The first kappa shape index (κ1) is 18.4. The van der Waals surface area contributed by atoms with Crippen LogP contribution in [0.1, 0.15) is 41.9 Å². The lowest BCUT2D eigenvalue weighted by atomic mass is 10.2. The molecule has 1 aliphatic rings. The van der Waals surface area contributed by atoms with Crippen molar-refractivity contribution in [2.45, 2.75) is 39.2 Å². The second-order valence-electron chi connectivity index (χ2n) is 5.19. The van der Waals surface area contributed by atoms with E-state index < -0.39 is 30.6 Å². The summed E-state index contributed by atoms with van der Waals surface area (Å²) >= 11 is 1.30. The van der Waals surface area contributed by atoms with E-state index in [2.05, 4.69) is 5.32 Å². The Hall–Kier alpha value is -1.93. The fourth-order valence-electron chi connectivity index (χ4n) is 2.23. The lowest BCUT2D eigenvalue weighted by Crippen LogP contribution is -2.27. The SMILES string of the molecule is CCOC(=O)c1cc(CC)sc1NC(=O)COC(=O)[C@@H]1CCCO1. The zero-order valence-corrected chi connectivity index (χ0v) is 14.6. The van der Waals surface area contributed by atoms with Crippen LogP contribution in [0.25, 0.3) is 0 Å². The zero-order chi connectivity index (χ0) is 17.5. The minimum Gasteiger partial charge on any atom is -0.462 e. The molecule has 1 fully saturated rings. The van der Waals surface area contributed by atoms with Gasteiger partial charge in [0.25, 0.3) is 5.91 Å². The van der Waals surface area contributed by atoms with Gasteiger partial charge in [0.1, 0.15) is 5.00 Å². The van der Waals surface area contributed by atoms with Gasteiger partial charge >= 0.3 is 11.9 Å². The maximum atomic E-state index is 12.0. The molecule has 24 heavy (non-hydrogen) atoms. The van der Waals surface area contributed by atoms with Crippen LogP contribution in [0.5, 0.6) is 0 Å². The van der Waals surface area contributed by atoms with E-state index in [0.717, 1.165) is 17.7 Å². The van der Waals surface area contributed by atoms with Gasteiger partial charge in [-0.15, -0.1) is 11.3 Å². The van der Waals surface area contributed by atoms with Gasteiger partial charge in [-0.3, -0.25) is 4.79 Å². The summed E-state index contributed by atoms with van der Waals surface area (Å²) in [7, 11) is 0. The Bertz CT molecular complexity index is 606. The molecule has 8 heteroatoms. The van der Waals surface area contributed by atoms with Crippen LogP contribution in [-0.4, -0.2) is 43.8 Å². The highest BCUT2D eigenvalue weighted by molar-refractivity contribution is 7.16. The maximum Gasteiger partial charge on any atom is 0.341 e. The summed E-state index contributed by atoms with van der Waals surface area (Å²) in [5.74, 6) is -1.52. The largest absolute Gasteiger partial charge is 0.462 e. The maximum absolute atomic E-state index is 12.0. The number of anilines is 1. The molecule has 0 aromatic carbocycles. The smallest absolute Gasteiger partial charge is 0.341 e. The number of nitrogens with one attached hydrogen (secondary N) is 1. The Labute approximate surface area is 144 Å². The van der Waals surface area contributed by atoms with Crippen molar-refractivity contribution in [3.05, 3.63) is 16.5 Å². The zero-order valence-electron chi connectivity index (χ0n) is 13.8. The normalized spacial score (nSPS) is 16.7. The van der Waals surface area contributed by atoms with E-state index in [0.29, 0.717) is 23.6 Å². The average molecular weight is 355 g/mol. The predicted molar refractivity (Wildman–Crippen MR) is 88.2 cm³/mol. The quantitative estimate of drug-likeness (QED) is 0.754. The van der Waals surface area contributed by atoms with Crippen LogP contribution in [-0.2, 0) is 30.2 Å². The van der Waals surface area contributed by atoms with Gasteiger partial charge in [-0.1, -0.05) is 6.92 Å². The fourth-order valence-corrected chi connectivity index (χ4v) is 3.23. The van der Waals surface area contributed by atoms with E-state index in [1.807, 2.05) is 6.92 Å². The molecule has 132 valence electrons. The Morgan fingerprint density at radius 1 is 1.33 bits per heavy atom. The molecule has 2 heterocycles. The van der Waals surface area contributed by atoms with Crippen LogP contribution < -0.4 is 5.32 Å². The highest BCUT2D eigenvalue weighted by Crippen LogP contribution is 2.29. The molecule has 0 saturated carbocycles. The highest BCUT2D eigenvalue weighted by Gasteiger charge is 2.26. The Morgan fingerprint density at radius 2 is 2.12 bits per heavy atom. The third-order valence-corrected chi connectivity index (χ3v) is 4.61. The molecule has 0 spiro atoms. The van der Waals surface area contributed by atoms with Gasteiger partial charge in [-0.05, 0) is 32.3 Å². The second-order valence-corrected chi connectivity index (χ2v) is 6.32. The average Bonchev–Trinajstić information content (AvgIpc) is 3.22. The molecule has 1 amide bonds. The van der Waals surface area contributed by atoms with Crippen LogP contribution in [0.4, 0.5) is 5.00 Å². The topological polar surface area (TPSA) is 90.9 Å². The number of rotatable bonds is 7. The molecule has 1 N–H and O–H groups in total. The number of hydrogen-bond donors (Lipinski definition) is 1. The van der Waals surface area contributed by atoms with Crippen molar-refractivity contribution in [2.24, 2.45) is 0 Å². The van der Waals surface area contributed by atoms with Crippen molar-refractivity contribution >= 4 is 34.2 Å². The summed E-state index contributed by atoms with van der Waals surface area (Å²) in [4.78, 5) is 36.6. The number of amides is 1. The van der Waals surface area contributed by atoms with Gasteiger partial charge in [0.15, 0.2) is 12.7 Å². The summed E-state index contributed by atoms with van der Waals surface area (Å²) < 4.78 is 15.1. The van der Waals surface area contributed by atoms with Gasteiger partial charge < -0.3 is 19.5 Å². The summed E-state index contributed by atoms with van der Waals surface area (Å²) in [6.07, 6.45) is 1.57. The first-order valence-corrected chi connectivity index (χ1v) is 8.74. The summed E-state index contributed by atoms with van der Waals surface area (Å²) in [5, 5.41) is 3.02. The molecule has 1 aliphatic heterocycles. The standard InChI is InChI=1S/C16H21NO6S/c1-3-10-8-11(15(19)21-4-2)14(24-10)17-13(18)9-23-16(20)12-6-5-7-22-12/h8,12H,3-7,9H2,1-2H3,(H,17,18)/t12-/m0/s1. The number of ether oxygens (including phenoxy) is 3. The first-order valence-electron chi connectivity index (χ1n) is 7.93. The third kappa shape index (κ3) is 4.78. The molecular formula is C16H21NO6S. The molecule has 0 bridgehead atoms. The van der Waals surface area contributed by atoms with Crippen molar-refractivity contribution in [1.29, 1.82) is 0 Å². The van der Waals surface area contributed by atoms with Crippen LogP contribution in [0.3, 0.4) is 0 Å². The van der Waals surface area contributed by atoms with E-state index in [9.17, 15) is 14.4 Å². The molecular weight excluding hydrogens is 334 g/mol. The fraction of sp³-hybridized carbons (Fsp3) is 0.562. The number of thiophene rings is 1. The van der Waals surface area contributed by atoms with Gasteiger partial charge in [-0.25, -0.2) is 9.59 Å². The van der Waals surface area contributed by atoms with Crippen molar-refractivity contribution in [3.8, 4) is 0 Å². The molecule has 2 rings (SSSR count). The number of carbonyl (C=O) groups excluding carboxylic acids is 3. The van der Waals surface area contributed by atoms with Crippen molar-refractivity contribution < 1.29 is 28.6 Å². The lowest BCUT2D eigenvalue weighted by molar-refractivity contribution is -0.156. The Morgan fingerprint density at radius 3 is 2.75 bits per heavy atom. The van der Waals surface area contributed by atoms with Crippen molar-refractivity contribution in [1.82, 2.24) is 0 Å². The van der Waals surface area contributed by atoms with Gasteiger partial charge in [0, 0.05) is 11.5 Å². The van der Waals surface area contributed by atoms with Gasteiger partial charge in [0.2, 0.25) is 0 Å².